The predicted molar refractivity (Wildman–Crippen MR) is 79.9 cm³/mol. The molecular weight excluding hydrogens is 240 g/mol. The van der Waals surface area contributed by atoms with Crippen molar-refractivity contribution in [3.63, 3.8) is 0 Å². The molecule has 1 aliphatic carbocycles. The van der Waals surface area contributed by atoms with Gasteiger partial charge >= 0.3 is 0 Å². The van der Waals surface area contributed by atoms with E-state index >= 15 is 0 Å². The summed E-state index contributed by atoms with van der Waals surface area (Å²) in [6.07, 6.45) is 6.31. The molecule has 0 bridgehead atoms. The van der Waals surface area contributed by atoms with Crippen LogP contribution in [0.3, 0.4) is 0 Å². The third kappa shape index (κ3) is 4.66. The zero-order valence-electron chi connectivity index (χ0n) is 11.3. The highest BCUT2D eigenvalue weighted by atomic mass is 32.2. The minimum atomic E-state index is -0.108. The lowest BCUT2D eigenvalue weighted by Gasteiger charge is -2.14. The number of aliphatic hydroxyl groups excluding tert-OH is 1. The fraction of sp³-hybridized carbons (Fsp3) is 0.625. The van der Waals surface area contributed by atoms with E-state index < -0.39 is 0 Å². The molecule has 0 amide bonds. The molecular formula is C16H24OS. The Labute approximate surface area is 115 Å². The predicted octanol–water partition coefficient (Wildman–Crippen LogP) is 4.17. The molecule has 0 aliphatic heterocycles. The smallest absolute Gasteiger partial charge is 0.0633 e. The van der Waals surface area contributed by atoms with Gasteiger partial charge in [0.05, 0.1) is 6.10 Å². The SMILES string of the molecule is Cc1cccc(CSCC(O)CC2CCCC2)c1. The van der Waals surface area contributed by atoms with Gasteiger partial charge in [0, 0.05) is 11.5 Å². The highest BCUT2D eigenvalue weighted by molar-refractivity contribution is 7.98. The molecule has 0 aromatic heterocycles. The molecule has 1 atom stereocenters. The lowest BCUT2D eigenvalue weighted by atomic mass is 10.0. The molecule has 0 saturated heterocycles. The molecule has 0 heterocycles. The molecule has 1 unspecified atom stereocenters. The van der Waals surface area contributed by atoms with E-state index in [2.05, 4.69) is 31.2 Å². The summed E-state index contributed by atoms with van der Waals surface area (Å²) >= 11 is 1.86. The Kier molecular flexibility index (Phi) is 5.58. The van der Waals surface area contributed by atoms with Gasteiger partial charge in [-0.3, -0.25) is 0 Å². The Morgan fingerprint density at radius 1 is 1.33 bits per heavy atom. The van der Waals surface area contributed by atoms with Gasteiger partial charge < -0.3 is 5.11 Å². The van der Waals surface area contributed by atoms with Crippen LogP contribution in [0.15, 0.2) is 24.3 Å². The van der Waals surface area contributed by atoms with Crippen molar-refractivity contribution in [3.05, 3.63) is 35.4 Å². The number of aliphatic hydroxyl groups is 1. The van der Waals surface area contributed by atoms with Crippen LogP contribution in [0.25, 0.3) is 0 Å². The molecule has 1 saturated carbocycles. The van der Waals surface area contributed by atoms with Gasteiger partial charge in [0.25, 0.3) is 0 Å². The first kappa shape index (κ1) is 14.0. The number of hydrogen-bond acceptors (Lipinski definition) is 2. The Morgan fingerprint density at radius 3 is 2.83 bits per heavy atom. The van der Waals surface area contributed by atoms with Gasteiger partial charge in [0.2, 0.25) is 0 Å². The van der Waals surface area contributed by atoms with Crippen LogP contribution in [-0.2, 0) is 5.75 Å². The molecule has 1 fully saturated rings. The molecule has 100 valence electrons. The Hall–Kier alpha value is -0.470. The fourth-order valence-corrected chi connectivity index (χ4v) is 3.75. The van der Waals surface area contributed by atoms with Crippen molar-refractivity contribution in [1.82, 2.24) is 0 Å². The van der Waals surface area contributed by atoms with Crippen molar-refractivity contribution in [2.75, 3.05) is 5.75 Å². The Morgan fingerprint density at radius 2 is 2.11 bits per heavy atom. The molecule has 1 aromatic rings. The van der Waals surface area contributed by atoms with E-state index in [0.717, 1.165) is 23.8 Å². The van der Waals surface area contributed by atoms with Crippen molar-refractivity contribution in [2.45, 2.75) is 50.9 Å². The second-order valence-electron chi connectivity index (χ2n) is 5.54. The van der Waals surface area contributed by atoms with E-state index in [1.165, 1.54) is 36.8 Å². The maximum absolute atomic E-state index is 10.0. The zero-order valence-corrected chi connectivity index (χ0v) is 12.1. The number of thioether (sulfide) groups is 1. The van der Waals surface area contributed by atoms with Gasteiger partial charge in [0.1, 0.15) is 0 Å². The highest BCUT2D eigenvalue weighted by Gasteiger charge is 2.18. The van der Waals surface area contributed by atoms with Crippen LogP contribution in [0.1, 0.15) is 43.2 Å². The number of aryl methyl sites for hydroxylation is 1. The van der Waals surface area contributed by atoms with Gasteiger partial charge in [0.15, 0.2) is 0 Å². The van der Waals surface area contributed by atoms with Crippen LogP contribution < -0.4 is 0 Å². The quantitative estimate of drug-likeness (QED) is 0.832. The normalized spacial score (nSPS) is 18.1. The van der Waals surface area contributed by atoms with E-state index in [4.69, 9.17) is 0 Å². The summed E-state index contributed by atoms with van der Waals surface area (Å²) in [4.78, 5) is 0. The molecule has 0 spiro atoms. The van der Waals surface area contributed by atoms with Crippen molar-refractivity contribution in [1.29, 1.82) is 0 Å². The second kappa shape index (κ2) is 7.20. The van der Waals surface area contributed by atoms with Crippen LogP contribution in [0.5, 0.6) is 0 Å². The van der Waals surface area contributed by atoms with Crippen molar-refractivity contribution < 1.29 is 5.11 Å². The maximum atomic E-state index is 10.0. The van der Waals surface area contributed by atoms with Crippen molar-refractivity contribution in [2.24, 2.45) is 5.92 Å². The number of rotatable bonds is 6. The first-order valence-corrected chi connectivity index (χ1v) is 8.21. The molecule has 1 aliphatic rings. The van der Waals surface area contributed by atoms with E-state index in [-0.39, 0.29) is 6.10 Å². The van der Waals surface area contributed by atoms with Gasteiger partial charge in [-0.2, -0.15) is 11.8 Å². The summed E-state index contributed by atoms with van der Waals surface area (Å²) in [6.45, 7) is 2.13. The first-order chi connectivity index (χ1) is 8.74. The molecule has 18 heavy (non-hydrogen) atoms. The Bertz CT molecular complexity index is 358. The summed E-state index contributed by atoms with van der Waals surface area (Å²) < 4.78 is 0. The highest BCUT2D eigenvalue weighted by Crippen LogP contribution is 2.29. The number of hydrogen-bond donors (Lipinski definition) is 1. The summed E-state index contributed by atoms with van der Waals surface area (Å²) in [5, 5.41) is 10.0. The van der Waals surface area contributed by atoms with Crippen LogP contribution in [0, 0.1) is 12.8 Å². The van der Waals surface area contributed by atoms with Crippen molar-refractivity contribution >= 4 is 11.8 Å². The van der Waals surface area contributed by atoms with E-state index in [0.29, 0.717) is 0 Å². The van der Waals surface area contributed by atoms with Crippen LogP contribution in [0.2, 0.25) is 0 Å². The maximum Gasteiger partial charge on any atom is 0.0633 e. The zero-order chi connectivity index (χ0) is 12.8. The topological polar surface area (TPSA) is 20.2 Å². The third-order valence-corrected chi connectivity index (χ3v) is 4.90. The summed E-state index contributed by atoms with van der Waals surface area (Å²) in [5.74, 6) is 2.69. The lowest BCUT2D eigenvalue weighted by Crippen LogP contribution is -2.14. The van der Waals surface area contributed by atoms with Crippen molar-refractivity contribution in [3.8, 4) is 0 Å². The molecule has 1 nitrogen and oxygen atoms in total. The molecule has 2 rings (SSSR count). The van der Waals surface area contributed by atoms with Gasteiger partial charge in [-0.25, -0.2) is 0 Å². The van der Waals surface area contributed by atoms with Crippen LogP contribution in [0.4, 0.5) is 0 Å². The van der Waals surface area contributed by atoms with Gasteiger partial charge in [-0.05, 0) is 24.8 Å². The average Bonchev–Trinajstić information content (AvgIpc) is 2.82. The van der Waals surface area contributed by atoms with Crippen LogP contribution >= 0.6 is 11.8 Å². The van der Waals surface area contributed by atoms with Gasteiger partial charge in [-0.15, -0.1) is 0 Å². The largest absolute Gasteiger partial charge is 0.392 e. The fourth-order valence-electron chi connectivity index (χ4n) is 2.81. The molecule has 0 radical (unpaired) electrons. The Balaban J connectivity index is 1.65. The third-order valence-electron chi connectivity index (χ3n) is 3.74. The van der Waals surface area contributed by atoms with E-state index in [9.17, 15) is 5.11 Å². The standard InChI is InChI=1S/C16H24OS/c1-13-5-4-8-15(9-13)11-18-12-16(17)10-14-6-2-3-7-14/h4-5,8-9,14,16-17H,2-3,6-7,10-12H2,1H3. The van der Waals surface area contributed by atoms with Gasteiger partial charge in [-0.1, -0.05) is 55.5 Å². The lowest BCUT2D eigenvalue weighted by molar-refractivity contribution is 0.166. The molecule has 1 N–H and O–H groups in total. The van der Waals surface area contributed by atoms with Crippen LogP contribution in [-0.4, -0.2) is 17.0 Å². The summed E-state index contributed by atoms with van der Waals surface area (Å²) in [7, 11) is 0. The molecule has 1 aromatic carbocycles. The summed E-state index contributed by atoms with van der Waals surface area (Å²) in [5.41, 5.74) is 2.69. The van der Waals surface area contributed by atoms with E-state index in [1.54, 1.807) is 0 Å². The van der Waals surface area contributed by atoms with E-state index in [1.807, 2.05) is 11.8 Å². The minimum absolute atomic E-state index is 0.108. The average molecular weight is 264 g/mol. The monoisotopic (exact) mass is 264 g/mol. The first-order valence-electron chi connectivity index (χ1n) is 7.05. The number of benzene rings is 1. The molecule has 2 heteroatoms. The summed E-state index contributed by atoms with van der Waals surface area (Å²) in [6, 6.07) is 8.64. The minimum Gasteiger partial charge on any atom is -0.392 e. The second-order valence-corrected chi connectivity index (χ2v) is 6.57.